The summed E-state index contributed by atoms with van der Waals surface area (Å²) < 4.78 is 0. The van der Waals surface area contributed by atoms with Crippen molar-refractivity contribution in [2.45, 2.75) is 40.5 Å². The minimum absolute atomic E-state index is 0.978. The Labute approximate surface area is 169 Å². The molecule has 0 aliphatic heterocycles. The summed E-state index contributed by atoms with van der Waals surface area (Å²) in [6.45, 7) is 8.75. The zero-order valence-corrected chi connectivity index (χ0v) is 18.1. The van der Waals surface area contributed by atoms with Crippen LogP contribution < -0.4 is 0 Å². The van der Waals surface area contributed by atoms with Crippen LogP contribution in [0.3, 0.4) is 0 Å². The Balaban J connectivity index is 1.64. The van der Waals surface area contributed by atoms with Crippen molar-refractivity contribution in [3.8, 4) is 21.4 Å². The molecule has 0 aliphatic carbocycles. The van der Waals surface area contributed by atoms with Crippen molar-refractivity contribution in [1.29, 1.82) is 0 Å². The highest BCUT2D eigenvalue weighted by atomic mass is 32.1. The Kier molecular flexibility index (Phi) is 4.00. The maximum atomic E-state index is 4.87. The number of nitrogens with zero attached hydrogens (tertiary/aromatic N) is 2. The molecule has 0 saturated carbocycles. The average molecular weight is 413 g/mol. The molecule has 0 saturated heterocycles. The lowest BCUT2D eigenvalue weighted by atomic mass is 10.1. The van der Waals surface area contributed by atoms with Gasteiger partial charge in [-0.2, -0.15) is 0 Å². The molecule has 5 aromatic heterocycles. The number of hydrogen-bond donors (Lipinski definition) is 2. The van der Waals surface area contributed by atoms with Gasteiger partial charge < -0.3 is 9.97 Å². The van der Waals surface area contributed by atoms with Gasteiger partial charge in [-0.25, -0.2) is 9.97 Å². The molecule has 7 heteroatoms. The summed E-state index contributed by atoms with van der Waals surface area (Å²) in [6.07, 6.45) is 2.05. The fourth-order valence-corrected chi connectivity index (χ4v) is 6.64. The molecule has 0 radical (unpaired) electrons. The van der Waals surface area contributed by atoms with Crippen LogP contribution in [0.25, 0.3) is 42.1 Å². The molecule has 2 N–H and O–H groups in total. The van der Waals surface area contributed by atoms with E-state index in [0.717, 1.165) is 34.2 Å². The van der Waals surface area contributed by atoms with Gasteiger partial charge in [-0.05, 0) is 59.7 Å². The van der Waals surface area contributed by atoms with Crippen molar-refractivity contribution >= 4 is 54.7 Å². The summed E-state index contributed by atoms with van der Waals surface area (Å²) in [4.78, 5) is 21.5. The van der Waals surface area contributed by atoms with Gasteiger partial charge in [-0.1, -0.05) is 13.8 Å². The number of imidazole rings is 2. The van der Waals surface area contributed by atoms with Gasteiger partial charge in [0.1, 0.15) is 21.3 Å². The lowest BCUT2D eigenvalue weighted by Gasteiger charge is -1.96. The Morgan fingerprint density at radius 3 is 1.63 bits per heavy atom. The summed E-state index contributed by atoms with van der Waals surface area (Å²) in [6, 6.07) is 0. The van der Waals surface area contributed by atoms with Crippen molar-refractivity contribution < 1.29 is 0 Å². The molecule has 138 valence electrons. The minimum atomic E-state index is 0.978. The maximum absolute atomic E-state index is 4.87. The zero-order valence-electron chi connectivity index (χ0n) is 15.7. The van der Waals surface area contributed by atoms with Gasteiger partial charge in [-0.15, -0.1) is 34.0 Å². The van der Waals surface area contributed by atoms with Gasteiger partial charge in [0.15, 0.2) is 0 Å². The number of aromatic amines is 2. The molecule has 5 heterocycles. The molecule has 0 unspecified atom stereocenters. The van der Waals surface area contributed by atoms with Crippen LogP contribution in [-0.2, 0) is 12.8 Å². The third kappa shape index (κ3) is 2.52. The van der Waals surface area contributed by atoms with Crippen LogP contribution in [0.2, 0.25) is 0 Å². The first-order valence-electron chi connectivity index (χ1n) is 9.13. The van der Waals surface area contributed by atoms with E-state index in [1.807, 2.05) is 0 Å². The molecule has 0 bridgehead atoms. The Morgan fingerprint density at radius 1 is 0.778 bits per heavy atom. The van der Waals surface area contributed by atoms with Gasteiger partial charge in [-0.3, -0.25) is 0 Å². The van der Waals surface area contributed by atoms with Gasteiger partial charge in [0.2, 0.25) is 0 Å². The summed E-state index contributed by atoms with van der Waals surface area (Å²) in [5.41, 5.74) is 7.64. The SMILES string of the molecule is CCc1csc2nc(-c3sc(-c4nc5scc(CC)c5[nH]4)c(C)c3C)[nH]c12. The maximum Gasteiger partial charge on any atom is 0.149 e. The molecule has 0 aromatic carbocycles. The Hall–Kier alpha value is -1.96. The highest BCUT2D eigenvalue weighted by Crippen LogP contribution is 2.42. The molecule has 0 amide bonds. The molecule has 5 rings (SSSR count). The number of aromatic nitrogens is 4. The fourth-order valence-electron chi connectivity index (χ4n) is 3.48. The quantitative estimate of drug-likeness (QED) is 0.345. The number of thiophene rings is 3. The number of aryl methyl sites for hydroxylation is 2. The number of nitrogens with one attached hydrogen (secondary N) is 2. The van der Waals surface area contributed by atoms with Crippen LogP contribution in [0.4, 0.5) is 0 Å². The predicted octanol–water partition coefficient (Wildman–Crippen LogP) is 6.70. The summed E-state index contributed by atoms with van der Waals surface area (Å²) in [5, 5.41) is 4.41. The van der Waals surface area contributed by atoms with E-state index in [1.165, 1.54) is 43.0 Å². The van der Waals surface area contributed by atoms with Gasteiger partial charge >= 0.3 is 0 Å². The molecule has 5 aromatic rings. The number of fused-ring (bicyclic) bond motifs is 2. The second kappa shape index (κ2) is 6.29. The first-order chi connectivity index (χ1) is 13.1. The summed E-state index contributed by atoms with van der Waals surface area (Å²) in [7, 11) is 0. The van der Waals surface area contributed by atoms with E-state index < -0.39 is 0 Å². The van der Waals surface area contributed by atoms with Crippen LogP contribution in [0.15, 0.2) is 10.8 Å². The highest BCUT2D eigenvalue weighted by molar-refractivity contribution is 7.19. The predicted molar refractivity (Wildman–Crippen MR) is 118 cm³/mol. The first-order valence-corrected chi connectivity index (χ1v) is 11.7. The third-order valence-corrected chi connectivity index (χ3v) is 8.50. The second-order valence-corrected chi connectivity index (χ2v) is 9.51. The molecule has 0 spiro atoms. The van der Waals surface area contributed by atoms with Crippen LogP contribution >= 0.6 is 34.0 Å². The van der Waals surface area contributed by atoms with Crippen LogP contribution in [0.1, 0.15) is 36.1 Å². The number of H-pyrrole nitrogens is 2. The van der Waals surface area contributed by atoms with Crippen LogP contribution in [-0.4, -0.2) is 19.9 Å². The van der Waals surface area contributed by atoms with E-state index >= 15 is 0 Å². The van der Waals surface area contributed by atoms with Crippen molar-refractivity contribution in [1.82, 2.24) is 19.9 Å². The van der Waals surface area contributed by atoms with E-state index in [2.05, 4.69) is 48.4 Å². The van der Waals surface area contributed by atoms with E-state index in [1.54, 1.807) is 34.0 Å². The fraction of sp³-hybridized carbons (Fsp3) is 0.300. The Morgan fingerprint density at radius 2 is 1.22 bits per heavy atom. The van der Waals surface area contributed by atoms with Crippen molar-refractivity contribution in [3.63, 3.8) is 0 Å². The molecule has 0 atom stereocenters. The normalized spacial score (nSPS) is 12.0. The topological polar surface area (TPSA) is 57.4 Å². The van der Waals surface area contributed by atoms with Crippen LogP contribution in [0, 0.1) is 13.8 Å². The minimum Gasteiger partial charge on any atom is -0.336 e. The summed E-state index contributed by atoms with van der Waals surface area (Å²) in [5.74, 6) is 1.96. The molecule has 4 nitrogen and oxygen atoms in total. The van der Waals surface area contributed by atoms with Crippen molar-refractivity contribution in [2.24, 2.45) is 0 Å². The highest BCUT2D eigenvalue weighted by Gasteiger charge is 2.21. The largest absolute Gasteiger partial charge is 0.336 e. The number of hydrogen-bond acceptors (Lipinski definition) is 5. The third-order valence-electron chi connectivity index (χ3n) is 5.25. The lowest BCUT2D eigenvalue weighted by molar-refractivity contribution is 1.16. The van der Waals surface area contributed by atoms with Crippen LogP contribution in [0.5, 0.6) is 0 Å². The molecule has 27 heavy (non-hydrogen) atoms. The zero-order chi connectivity index (χ0) is 18.7. The Bertz CT molecular complexity index is 1180. The molecular weight excluding hydrogens is 392 g/mol. The standard InChI is InChI=1S/C20H20N4S3/c1-5-11-7-25-19-13(11)21-17(23-19)15-9(3)10(4)16(27-15)18-22-14-12(6-2)8-26-20(14)24-18/h7-8H,5-6H2,1-4H3,(H,21,23)(H,22,24). The average Bonchev–Trinajstić information content (AvgIpc) is 3.42. The summed E-state index contributed by atoms with van der Waals surface area (Å²) >= 11 is 5.22. The second-order valence-electron chi connectivity index (χ2n) is 6.77. The van der Waals surface area contributed by atoms with Gasteiger partial charge in [0, 0.05) is 0 Å². The number of rotatable bonds is 4. The van der Waals surface area contributed by atoms with Gasteiger partial charge in [0.25, 0.3) is 0 Å². The van der Waals surface area contributed by atoms with E-state index in [9.17, 15) is 0 Å². The molecular formula is C20H20N4S3. The monoisotopic (exact) mass is 412 g/mol. The van der Waals surface area contributed by atoms with Gasteiger partial charge in [0.05, 0.1) is 20.8 Å². The van der Waals surface area contributed by atoms with Crippen molar-refractivity contribution in [2.75, 3.05) is 0 Å². The van der Waals surface area contributed by atoms with E-state index in [-0.39, 0.29) is 0 Å². The van der Waals surface area contributed by atoms with E-state index in [0.29, 0.717) is 0 Å². The first kappa shape index (κ1) is 17.2. The van der Waals surface area contributed by atoms with E-state index in [4.69, 9.17) is 9.97 Å². The molecule has 0 fully saturated rings. The molecule has 0 aliphatic rings. The lowest BCUT2D eigenvalue weighted by Crippen LogP contribution is -1.83. The van der Waals surface area contributed by atoms with Crippen molar-refractivity contribution in [3.05, 3.63) is 33.0 Å². The smallest absolute Gasteiger partial charge is 0.149 e.